The Morgan fingerprint density at radius 1 is 1.06 bits per heavy atom. The highest BCUT2D eigenvalue weighted by molar-refractivity contribution is 5.89. The van der Waals surface area contributed by atoms with E-state index in [0.717, 1.165) is 22.3 Å². The lowest BCUT2D eigenvalue weighted by molar-refractivity contribution is -0.138. The number of nitrogens with one attached hydrogen (secondary N) is 2. The van der Waals surface area contributed by atoms with Gasteiger partial charge in [-0.15, -0.1) is 10.2 Å². The lowest BCUT2D eigenvalue weighted by atomic mass is 9.96. The van der Waals surface area contributed by atoms with Gasteiger partial charge in [0, 0.05) is 17.7 Å². The van der Waals surface area contributed by atoms with Gasteiger partial charge in [0.15, 0.2) is 0 Å². The second-order valence-electron chi connectivity index (χ2n) is 7.15. The molecule has 1 aliphatic rings. The number of aromatic nitrogens is 4. The fourth-order valence-electron chi connectivity index (χ4n) is 3.75. The van der Waals surface area contributed by atoms with Gasteiger partial charge in [0.25, 0.3) is 0 Å². The van der Waals surface area contributed by atoms with Gasteiger partial charge in [0.05, 0.1) is 11.6 Å². The zero-order valence-electron chi connectivity index (χ0n) is 16.6. The number of hydrazine groups is 1. The fourth-order valence-corrected chi connectivity index (χ4v) is 3.75. The van der Waals surface area contributed by atoms with Crippen LogP contribution in [-0.2, 0) is 16.0 Å². The first kappa shape index (κ1) is 20.2. The SMILES string of the molecule is CC1NN(CC(=O)O)C(Cc2ccc(-c3ccccc3-c3nn[nH]n3)cc2)=C1C(=O)O. The Kier molecular flexibility index (Phi) is 5.46. The van der Waals surface area contributed by atoms with Gasteiger partial charge in [-0.05, 0) is 28.8 Å². The minimum atomic E-state index is -1.06. The Balaban J connectivity index is 1.63. The van der Waals surface area contributed by atoms with Crippen LogP contribution in [-0.4, -0.2) is 60.4 Å². The highest BCUT2D eigenvalue weighted by Crippen LogP contribution is 2.31. The molecule has 2 heterocycles. The summed E-state index contributed by atoms with van der Waals surface area (Å²) in [5, 5.41) is 34.4. The molecule has 10 nitrogen and oxygen atoms in total. The maximum atomic E-state index is 11.7. The number of carbonyl (C=O) groups is 2. The summed E-state index contributed by atoms with van der Waals surface area (Å²) < 4.78 is 0. The largest absolute Gasteiger partial charge is 0.480 e. The van der Waals surface area contributed by atoms with E-state index in [2.05, 4.69) is 26.0 Å². The van der Waals surface area contributed by atoms with Gasteiger partial charge >= 0.3 is 11.9 Å². The van der Waals surface area contributed by atoms with E-state index in [0.29, 0.717) is 17.9 Å². The van der Waals surface area contributed by atoms with E-state index in [1.54, 1.807) is 6.92 Å². The van der Waals surface area contributed by atoms with Gasteiger partial charge in [-0.1, -0.05) is 48.5 Å². The van der Waals surface area contributed by atoms with Crippen molar-refractivity contribution in [3.05, 3.63) is 65.4 Å². The van der Waals surface area contributed by atoms with E-state index < -0.39 is 18.0 Å². The van der Waals surface area contributed by atoms with Crippen molar-refractivity contribution < 1.29 is 19.8 Å². The lowest BCUT2D eigenvalue weighted by Crippen LogP contribution is -2.40. The van der Waals surface area contributed by atoms with Crippen molar-refractivity contribution in [1.82, 2.24) is 31.1 Å². The highest BCUT2D eigenvalue weighted by atomic mass is 16.4. The molecule has 0 spiro atoms. The molecule has 4 rings (SSSR count). The summed E-state index contributed by atoms with van der Waals surface area (Å²) in [5.74, 6) is -1.61. The van der Waals surface area contributed by atoms with Crippen molar-refractivity contribution >= 4 is 11.9 Å². The van der Waals surface area contributed by atoms with Crippen molar-refractivity contribution in [1.29, 1.82) is 0 Å². The van der Waals surface area contributed by atoms with E-state index in [9.17, 15) is 14.7 Å². The van der Waals surface area contributed by atoms with Crippen LogP contribution < -0.4 is 5.43 Å². The summed E-state index contributed by atoms with van der Waals surface area (Å²) in [6, 6.07) is 14.9. The number of aromatic amines is 1. The number of hydrogen-bond acceptors (Lipinski definition) is 7. The molecule has 1 atom stereocenters. The van der Waals surface area contributed by atoms with Crippen LogP contribution >= 0.6 is 0 Å². The molecule has 0 radical (unpaired) electrons. The molecule has 0 saturated carbocycles. The molecule has 1 aromatic heterocycles. The number of aliphatic carboxylic acids is 2. The average Bonchev–Trinajstić information content (AvgIpc) is 3.37. The molecule has 3 aromatic rings. The fraction of sp³-hybridized carbons (Fsp3) is 0.190. The lowest BCUT2D eigenvalue weighted by Gasteiger charge is -2.21. The molecule has 0 amide bonds. The van der Waals surface area contributed by atoms with Gasteiger partial charge < -0.3 is 10.2 Å². The van der Waals surface area contributed by atoms with Crippen molar-refractivity contribution in [2.75, 3.05) is 6.54 Å². The van der Waals surface area contributed by atoms with Crippen LogP contribution in [0.4, 0.5) is 0 Å². The molecule has 0 saturated heterocycles. The summed E-state index contributed by atoms with van der Waals surface area (Å²) in [5.41, 5.74) is 7.12. The predicted molar refractivity (Wildman–Crippen MR) is 110 cm³/mol. The minimum absolute atomic E-state index is 0.174. The summed E-state index contributed by atoms with van der Waals surface area (Å²) in [6.07, 6.45) is 0.291. The van der Waals surface area contributed by atoms with Crippen LogP contribution in [0, 0.1) is 0 Å². The van der Waals surface area contributed by atoms with E-state index in [4.69, 9.17) is 5.11 Å². The summed E-state index contributed by atoms with van der Waals surface area (Å²) in [4.78, 5) is 22.9. The first-order valence-corrected chi connectivity index (χ1v) is 9.58. The van der Waals surface area contributed by atoms with E-state index in [-0.39, 0.29) is 12.1 Å². The number of allylic oxidation sites excluding steroid dienone is 1. The van der Waals surface area contributed by atoms with Crippen LogP contribution in [0.1, 0.15) is 12.5 Å². The van der Waals surface area contributed by atoms with Crippen LogP contribution in [0.25, 0.3) is 22.5 Å². The molecule has 158 valence electrons. The molecular weight excluding hydrogens is 400 g/mol. The number of nitrogens with zero attached hydrogens (tertiary/aromatic N) is 4. The maximum Gasteiger partial charge on any atom is 0.335 e. The Morgan fingerprint density at radius 3 is 2.39 bits per heavy atom. The molecule has 4 N–H and O–H groups in total. The molecular formula is C21H20N6O4. The van der Waals surface area contributed by atoms with Gasteiger partial charge in [0.1, 0.15) is 6.54 Å². The van der Waals surface area contributed by atoms with E-state index in [1.807, 2.05) is 48.5 Å². The van der Waals surface area contributed by atoms with Crippen LogP contribution in [0.15, 0.2) is 59.8 Å². The average molecular weight is 420 g/mol. The molecule has 0 aliphatic carbocycles. The Morgan fingerprint density at radius 2 is 1.77 bits per heavy atom. The minimum Gasteiger partial charge on any atom is -0.480 e. The number of carboxylic acid groups (broad SMARTS) is 2. The molecule has 1 aliphatic heterocycles. The monoisotopic (exact) mass is 420 g/mol. The highest BCUT2D eigenvalue weighted by Gasteiger charge is 2.33. The third-order valence-corrected chi connectivity index (χ3v) is 5.09. The molecule has 31 heavy (non-hydrogen) atoms. The van der Waals surface area contributed by atoms with Crippen molar-refractivity contribution in [2.45, 2.75) is 19.4 Å². The molecule has 0 bridgehead atoms. The van der Waals surface area contributed by atoms with Gasteiger partial charge in [-0.25, -0.2) is 10.2 Å². The van der Waals surface area contributed by atoms with Gasteiger partial charge in [-0.2, -0.15) is 5.21 Å². The summed E-state index contributed by atoms with van der Waals surface area (Å²) in [7, 11) is 0. The smallest absolute Gasteiger partial charge is 0.335 e. The molecule has 10 heteroatoms. The second kappa shape index (κ2) is 8.36. The van der Waals surface area contributed by atoms with Crippen molar-refractivity contribution in [2.24, 2.45) is 0 Å². The van der Waals surface area contributed by atoms with Crippen LogP contribution in [0.2, 0.25) is 0 Å². The third kappa shape index (κ3) is 4.14. The first-order chi connectivity index (χ1) is 14.9. The topological polar surface area (TPSA) is 144 Å². The number of H-pyrrole nitrogens is 1. The standard InChI is InChI=1S/C21H20N6O4/c1-12-19(21(30)31)17(27(24-12)11-18(28)29)10-13-6-8-14(9-7-13)15-4-2-3-5-16(15)20-22-25-26-23-20/h2-9,12,24H,10-11H2,1H3,(H,28,29)(H,30,31)(H,22,23,25,26). The number of tetrazole rings is 1. The number of hydrogen-bond donors (Lipinski definition) is 4. The number of carboxylic acids is 2. The third-order valence-electron chi connectivity index (χ3n) is 5.09. The molecule has 2 aromatic carbocycles. The summed E-state index contributed by atoms with van der Waals surface area (Å²) >= 11 is 0. The first-order valence-electron chi connectivity index (χ1n) is 9.58. The zero-order valence-corrected chi connectivity index (χ0v) is 16.6. The van der Waals surface area contributed by atoms with E-state index >= 15 is 0 Å². The normalized spacial score (nSPS) is 16.0. The van der Waals surface area contributed by atoms with Crippen molar-refractivity contribution in [3.63, 3.8) is 0 Å². The van der Waals surface area contributed by atoms with Crippen LogP contribution in [0.5, 0.6) is 0 Å². The Hall–Kier alpha value is -4.05. The Bertz CT molecular complexity index is 1140. The maximum absolute atomic E-state index is 11.7. The zero-order chi connectivity index (χ0) is 22.0. The Labute approximate surface area is 177 Å². The summed E-state index contributed by atoms with van der Waals surface area (Å²) in [6.45, 7) is 1.37. The molecule has 0 fully saturated rings. The number of rotatable bonds is 7. The number of benzene rings is 2. The van der Waals surface area contributed by atoms with Crippen molar-refractivity contribution in [3.8, 4) is 22.5 Å². The van der Waals surface area contributed by atoms with Crippen LogP contribution in [0.3, 0.4) is 0 Å². The predicted octanol–water partition coefficient (Wildman–Crippen LogP) is 1.71. The molecule has 1 unspecified atom stereocenters. The van der Waals surface area contributed by atoms with Gasteiger partial charge in [-0.3, -0.25) is 9.80 Å². The van der Waals surface area contributed by atoms with E-state index in [1.165, 1.54) is 5.01 Å². The second-order valence-corrected chi connectivity index (χ2v) is 7.15. The quantitative estimate of drug-likeness (QED) is 0.449. The van der Waals surface area contributed by atoms with Gasteiger partial charge in [0.2, 0.25) is 5.82 Å².